The van der Waals surface area contributed by atoms with Gasteiger partial charge in [0.25, 0.3) is 5.91 Å². The van der Waals surface area contributed by atoms with Crippen molar-refractivity contribution < 1.29 is 13.9 Å². The zero-order chi connectivity index (χ0) is 19.6. The van der Waals surface area contributed by atoms with Crippen LogP contribution in [0.4, 0.5) is 4.39 Å². The molecule has 2 aromatic carbocycles. The van der Waals surface area contributed by atoms with Gasteiger partial charge in [-0.1, -0.05) is 18.2 Å². The summed E-state index contributed by atoms with van der Waals surface area (Å²) in [6, 6.07) is 14.2. The van der Waals surface area contributed by atoms with Crippen LogP contribution < -0.4 is 10.1 Å². The lowest BCUT2D eigenvalue weighted by atomic mass is 9.95. The highest BCUT2D eigenvalue weighted by molar-refractivity contribution is 5.94. The smallest absolute Gasteiger partial charge is 0.253 e. The highest BCUT2D eigenvalue weighted by Crippen LogP contribution is 2.32. The molecule has 1 N–H and O–H groups in total. The molecule has 0 atom stereocenters. The number of rotatable bonds is 4. The number of nitrogens with zero attached hydrogens (tertiary/aromatic N) is 2. The Balaban J connectivity index is 1.41. The Morgan fingerprint density at radius 2 is 1.82 bits per heavy atom. The van der Waals surface area contributed by atoms with E-state index in [4.69, 9.17) is 4.74 Å². The molecule has 0 saturated carbocycles. The maximum Gasteiger partial charge on any atom is 0.253 e. The summed E-state index contributed by atoms with van der Waals surface area (Å²) >= 11 is 0. The molecular weight excluding hydrogens is 357 g/mol. The summed E-state index contributed by atoms with van der Waals surface area (Å²) in [6.45, 7) is 3.74. The normalized spacial score (nSPS) is 19.1. The van der Waals surface area contributed by atoms with Crippen molar-refractivity contribution in [3.8, 4) is 5.75 Å². The van der Waals surface area contributed by atoms with Crippen LogP contribution in [0.1, 0.15) is 28.8 Å². The number of piperidine rings is 1. The number of benzene rings is 2. The van der Waals surface area contributed by atoms with Crippen LogP contribution in [0.3, 0.4) is 0 Å². The second-order valence-electron chi connectivity index (χ2n) is 7.49. The van der Waals surface area contributed by atoms with Crippen LogP contribution in [0.15, 0.2) is 48.5 Å². The largest absolute Gasteiger partial charge is 0.497 e. The van der Waals surface area contributed by atoms with Gasteiger partial charge in [-0.2, -0.15) is 0 Å². The van der Waals surface area contributed by atoms with Gasteiger partial charge >= 0.3 is 0 Å². The molecule has 2 aliphatic heterocycles. The molecule has 28 heavy (non-hydrogen) atoms. The molecule has 2 saturated heterocycles. The van der Waals surface area contributed by atoms with E-state index in [-0.39, 0.29) is 17.4 Å². The molecule has 4 rings (SSSR count). The predicted octanol–water partition coefficient (Wildman–Crippen LogP) is 2.87. The highest BCUT2D eigenvalue weighted by Gasteiger charge is 2.43. The first-order chi connectivity index (χ1) is 13.6. The summed E-state index contributed by atoms with van der Waals surface area (Å²) in [5.41, 5.74) is 1.25. The number of likely N-dealkylation sites (tertiary alicyclic amines) is 1. The Morgan fingerprint density at radius 1 is 1.11 bits per heavy atom. The number of nitrogens with one attached hydrogen (secondary N) is 1. The number of ether oxygens (including phenoxy) is 1. The Bertz CT molecular complexity index is 832. The third-order valence-electron chi connectivity index (χ3n) is 5.97. The van der Waals surface area contributed by atoms with Crippen LogP contribution in [-0.2, 0) is 6.54 Å². The van der Waals surface area contributed by atoms with Gasteiger partial charge in [0.05, 0.1) is 12.8 Å². The van der Waals surface area contributed by atoms with Crippen molar-refractivity contribution in [1.82, 2.24) is 15.1 Å². The molecule has 2 aliphatic rings. The van der Waals surface area contributed by atoms with E-state index in [1.54, 1.807) is 13.2 Å². The molecule has 2 fully saturated rings. The Labute approximate surface area is 165 Å². The van der Waals surface area contributed by atoms with Crippen molar-refractivity contribution in [1.29, 1.82) is 0 Å². The maximum absolute atomic E-state index is 14.1. The quantitative estimate of drug-likeness (QED) is 0.882. The fraction of sp³-hybridized carbons (Fsp3) is 0.409. The molecule has 5 nitrogen and oxygen atoms in total. The summed E-state index contributed by atoms with van der Waals surface area (Å²) in [7, 11) is 1.61. The Hall–Kier alpha value is -2.44. The summed E-state index contributed by atoms with van der Waals surface area (Å²) in [4.78, 5) is 17.1. The average Bonchev–Trinajstić information content (AvgIpc) is 3.11. The van der Waals surface area contributed by atoms with Gasteiger partial charge in [0.15, 0.2) is 0 Å². The summed E-state index contributed by atoms with van der Waals surface area (Å²) in [5, 5.41) is 3.63. The van der Waals surface area contributed by atoms with Crippen molar-refractivity contribution in [3.63, 3.8) is 0 Å². The fourth-order valence-corrected chi connectivity index (χ4v) is 4.30. The molecule has 0 aromatic heterocycles. The number of carbonyl (C=O) groups is 1. The van der Waals surface area contributed by atoms with E-state index in [9.17, 15) is 9.18 Å². The zero-order valence-electron chi connectivity index (χ0n) is 16.2. The van der Waals surface area contributed by atoms with Crippen LogP contribution in [-0.4, -0.2) is 54.7 Å². The second kappa shape index (κ2) is 7.89. The average molecular weight is 383 g/mol. The van der Waals surface area contributed by atoms with Crippen LogP contribution >= 0.6 is 0 Å². The molecule has 2 heterocycles. The number of amides is 1. The number of hydrogen-bond acceptors (Lipinski definition) is 4. The van der Waals surface area contributed by atoms with Crippen molar-refractivity contribution in [2.45, 2.75) is 25.0 Å². The van der Waals surface area contributed by atoms with Crippen molar-refractivity contribution in [3.05, 3.63) is 65.5 Å². The SMILES string of the molecule is COc1ccc(C(=O)N2CCC3(CC2)NCCN3Cc2ccccc2F)cc1. The molecule has 2 aromatic rings. The van der Waals surface area contributed by atoms with E-state index in [2.05, 4.69) is 10.2 Å². The molecule has 148 valence electrons. The van der Waals surface area contributed by atoms with Gasteiger partial charge < -0.3 is 9.64 Å². The van der Waals surface area contributed by atoms with Crippen LogP contribution in [0, 0.1) is 5.82 Å². The van der Waals surface area contributed by atoms with Gasteiger partial charge in [0.2, 0.25) is 0 Å². The monoisotopic (exact) mass is 383 g/mol. The van der Waals surface area contributed by atoms with Gasteiger partial charge in [-0.25, -0.2) is 4.39 Å². The van der Waals surface area contributed by atoms with Crippen molar-refractivity contribution in [2.24, 2.45) is 0 Å². The standard InChI is InChI=1S/C22H26FN3O2/c1-28-19-8-6-17(7-9-19)21(27)25-13-10-22(11-14-25)24-12-15-26(22)16-18-4-2-3-5-20(18)23/h2-9,24H,10-16H2,1H3. The number of methoxy groups -OCH3 is 1. The maximum atomic E-state index is 14.1. The second-order valence-corrected chi connectivity index (χ2v) is 7.49. The molecule has 0 aliphatic carbocycles. The lowest BCUT2D eigenvalue weighted by Crippen LogP contribution is -2.58. The number of hydrogen-bond donors (Lipinski definition) is 1. The predicted molar refractivity (Wildman–Crippen MR) is 106 cm³/mol. The fourth-order valence-electron chi connectivity index (χ4n) is 4.30. The minimum absolute atomic E-state index is 0.0520. The van der Waals surface area contributed by atoms with E-state index in [1.807, 2.05) is 41.3 Å². The Kier molecular flexibility index (Phi) is 5.33. The number of halogens is 1. The number of carbonyl (C=O) groups excluding carboxylic acids is 1. The van der Waals surface area contributed by atoms with Crippen LogP contribution in [0.5, 0.6) is 5.75 Å². The summed E-state index contributed by atoms with van der Waals surface area (Å²) in [5.74, 6) is 0.640. The van der Waals surface area contributed by atoms with Gasteiger partial charge in [-0.3, -0.25) is 15.0 Å². The van der Waals surface area contributed by atoms with Crippen molar-refractivity contribution in [2.75, 3.05) is 33.3 Å². The van der Waals surface area contributed by atoms with Gasteiger partial charge in [0.1, 0.15) is 11.6 Å². The lowest BCUT2D eigenvalue weighted by molar-refractivity contribution is 0.0285. The first-order valence-electron chi connectivity index (χ1n) is 9.78. The van der Waals surface area contributed by atoms with Gasteiger partial charge in [-0.15, -0.1) is 0 Å². The minimum Gasteiger partial charge on any atom is -0.497 e. The third kappa shape index (κ3) is 3.62. The van der Waals surface area contributed by atoms with Crippen LogP contribution in [0.2, 0.25) is 0 Å². The minimum atomic E-state index is -0.156. The van der Waals surface area contributed by atoms with E-state index in [1.165, 1.54) is 6.07 Å². The van der Waals surface area contributed by atoms with Gasteiger partial charge in [-0.05, 0) is 43.2 Å². The van der Waals surface area contributed by atoms with Crippen molar-refractivity contribution >= 4 is 5.91 Å². The molecule has 0 radical (unpaired) electrons. The molecule has 0 bridgehead atoms. The van der Waals surface area contributed by atoms with E-state index in [0.717, 1.165) is 37.2 Å². The van der Waals surface area contributed by atoms with E-state index in [0.29, 0.717) is 25.2 Å². The zero-order valence-corrected chi connectivity index (χ0v) is 16.2. The molecule has 1 amide bonds. The lowest BCUT2D eigenvalue weighted by Gasteiger charge is -2.45. The van der Waals surface area contributed by atoms with E-state index < -0.39 is 0 Å². The Morgan fingerprint density at radius 3 is 2.50 bits per heavy atom. The van der Waals surface area contributed by atoms with E-state index >= 15 is 0 Å². The highest BCUT2D eigenvalue weighted by atomic mass is 19.1. The summed E-state index contributed by atoms with van der Waals surface area (Å²) < 4.78 is 19.3. The molecular formula is C22H26FN3O2. The van der Waals surface area contributed by atoms with Gasteiger partial charge in [0, 0.05) is 43.9 Å². The van der Waals surface area contributed by atoms with Crippen LogP contribution in [0.25, 0.3) is 0 Å². The molecule has 1 spiro atoms. The topological polar surface area (TPSA) is 44.8 Å². The molecule has 6 heteroatoms. The first-order valence-corrected chi connectivity index (χ1v) is 9.78. The summed E-state index contributed by atoms with van der Waals surface area (Å²) in [6.07, 6.45) is 1.67. The molecule has 0 unspecified atom stereocenters. The first kappa shape index (κ1) is 18.9. The third-order valence-corrected chi connectivity index (χ3v) is 5.97.